The van der Waals surface area contributed by atoms with Crippen molar-refractivity contribution >= 4 is 16.9 Å². The van der Waals surface area contributed by atoms with Crippen molar-refractivity contribution in [3.8, 4) is 0 Å². The van der Waals surface area contributed by atoms with Crippen LogP contribution in [0.25, 0.3) is 0 Å². The molecule has 2 aromatic carbocycles. The summed E-state index contributed by atoms with van der Waals surface area (Å²) in [6.07, 6.45) is 1.01. The van der Waals surface area contributed by atoms with Gasteiger partial charge in [-0.15, -0.1) is 0 Å². The Hall–Kier alpha value is -1.54. The number of benzene rings is 2. The minimum absolute atomic E-state index is 0.0428. The molecule has 1 saturated carbocycles. The van der Waals surface area contributed by atoms with Crippen LogP contribution in [0.5, 0.6) is 0 Å². The second-order valence-corrected chi connectivity index (χ2v) is 7.14. The molecule has 2 aromatic rings. The zero-order valence-corrected chi connectivity index (χ0v) is 13.7. The first-order valence-corrected chi connectivity index (χ1v) is 8.79. The first-order chi connectivity index (χ1) is 10.7. The Morgan fingerprint density at radius 3 is 2.09 bits per heavy atom. The molecular formula is C20H21OS. The lowest BCUT2D eigenvalue weighted by Gasteiger charge is -2.21. The summed E-state index contributed by atoms with van der Waals surface area (Å²) in [5.41, 5.74) is 2.56. The predicted molar refractivity (Wildman–Crippen MR) is 93.8 cm³/mol. The lowest BCUT2D eigenvalue weighted by atomic mass is 9.83. The van der Waals surface area contributed by atoms with Gasteiger partial charge in [0.05, 0.1) is 0 Å². The van der Waals surface area contributed by atoms with Crippen molar-refractivity contribution in [2.75, 3.05) is 5.75 Å². The van der Waals surface area contributed by atoms with Gasteiger partial charge >= 0.3 is 0 Å². The molecule has 0 bridgehead atoms. The van der Waals surface area contributed by atoms with Crippen LogP contribution in [-0.2, 0) is 10.2 Å². The fraction of sp³-hybridized carbons (Fsp3) is 0.300. The number of hydrogen-bond donors (Lipinski definition) is 0. The Bertz CT molecular complexity index is 596. The molecule has 2 atom stereocenters. The fourth-order valence-corrected chi connectivity index (χ4v) is 4.15. The summed E-state index contributed by atoms with van der Waals surface area (Å²) in [4.78, 5) is 12.3. The highest BCUT2D eigenvalue weighted by Gasteiger charge is 2.59. The predicted octanol–water partition coefficient (Wildman–Crippen LogP) is 4.72. The highest BCUT2D eigenvalue weighted by atomic mass is 32.2. The molecule has 0 N–H and O–H groups in total. The zero-order valence-electron chi connectivity index (χ0n) is 12.9. The van der Waals surface area contributed by atoms with Crippen LogP contribution >= 0.6 is 11.8 Å². The van der Waals surface area contributed by atoms with E-state index in [-0.39, 0.29) is 16.4 Å². The number of thioether (sulfide) groups is 1. The third-order valence-corrected chi connectivity index (χ3v) is 5.54. The molecule has 1 radical (unpaired) electrons. The summed E-state index contributed by atoms with van der Waals surface area (Å²) in [6.45, 7) is 6.21. The van der Waals surface area contributed by atoms with E-state index in [4.69, 9.17) is 0 Å². The van der Waals surface area contributed by atoms with Crippen LogP contribution in [0.4, 0.5) is 0 Å². The maximum Gasteiger partial charge on any atom is 0.192 e. The maximum atomic E-state index is 12.3. The van der Waals surface area contributed by atoms with Crippen molar-refractivity contribution in [2.24, 2.45) is 11.8 Å². The largest absolute Gasteiger partial charge is 0.287 e. The maximum absolute atomic E-state index is 12.3. The zero-order chi connectivity index (χ0) is 15.6. The molecule has 0 amide bonds. The Balaban J connectivity index is 1.97. The quantitative estimate of drug-likeness (QED) is 0.795. The van der Waals surface area contributed by atoms with Gasteiger partial charge in [-0.3, -0.25) is 4.79 Å². The standard InChI is InChI=1S/C20H21OS/c1-3-22-19(21)15(2)18-14-20(18,16-10-6-4-7-11-16)17-12-8-5-9-13-17/h4-13,15,18H,2-3,14H2,1H3. The molecule has 1 nitrogen and oxygen atoms in total. The van der Waals surface area contributed by atoms with E-state index in [0.29, 0.717) is 5.92 Å². The highest BCUT2D eigenvalue weighted by Crippen LogP contribution is 2.62. The van der Waals surface area contributed by atoms with Gasteiger partial charge in [0.15, 0.2) is 5.12 Å². The van der Waals surface area contributed by atoms with Crippen molar-refractivity contribution in [1.82, 2.24) is 0 Å². The molecule has 0 saturated heterocycles. The summed E-state index contributed by atoms with van der Waals surface area (Å²) in [5.74, 6) is 0.968. The van der Waals surface area contributed by atoms with Crippen LogP contribution in [0.15, 0.2) is 60.7 Å². The Morgan fingerprint density at radius 1 is 1.14 bits per heavy atom. The average Bonchev–Trinajstić information content (AvgIpc) is 3.33. The van der Waals surface area contributed by atoms with E-state index < -0.39 is 0 Å². The van der Waals surface area contributed by atoms with Crippen molar-refractivity contribution < 1.29 is 4.79 Å². The van der Waals surface area contributed by atoms with E-state index in [1.165, 1.54) is 22.9 Å². The van der Waals surface area contributed by atoms with E-state index in [1.54, 1.807) is 0 Å². The lowest BCUT2D eigenvalue weighted by Crippen LogP contribution is -2.19. The molecule has 1 fully saturated rings. The van der Waals surface area contributed by atoms with Gasteiger partial charge in [-0.25, -0.2) is 0 Å². The third-order valence-electron chi connectivity index (χ3n) is 4.67. The Kier molecular flexibility index (Phi) is 4.39. The lowest BCUT2D eigenvalue weighted by molar-refractivity contribution is -0.113. The molecule has 3 rings (SSSR count). The summed E-state index contributed by atoms with van der Waals surface area (Å²) >= 11 is 1.40. The molecular weight excluding hydrogens is 288 g/mol. The monoisotopic (exact) mass is 309 g/mol. The van der Waals surface area contributed by atoms with E-state index in [0.717, 1.165) is 12.2 Å². The second-order valence-electron chi connectivity index (χ2n) is 5.87. The number of hydrogen-bond acceptors (Lipinski definition) is 2. The van der Waals surface area contributed by atoms with Gasteiger partial charge in [0, 0.05) is 11.3 Å². The first kappa shape index (κ1) is 15.4. The van der Waals surface area contributed by atoms with Crippen LogP contribution in [0.1, 0.15) is 24.5 Å². The van der Waals surface area contributed by atoms with Gasteiger partial charge in [0.2, 0.25) is 0 Å². The number of carbonyl (C=O) groups is 1. The molecule has 1 aliphatic rings. The minimum Gasteiger partial charge on any atom is -0.287 e. The van der Waals surface area contributed by atoms with E-state index >= 15 is 0 Å². The van der Waals surface area contributed by atoms with Crippen molar-refractivity contribution in [1.29, 1.82) is 0 Å². The molecule has 1 aliphatic carbocycles. The van der Waals surface area contributed by atoms with Crippen molar-refractivity contribution in [3.05, 3.63) is 78.7 Å². The Labute approximate surface area is 137 Å². The molecule has 0 spiro atoms. The number of carbonyl (C=O) groups excluding carboxylic acids is 1. The smallest absolute Gasteiger partial charge is 0.192 e. The average molecular weight is 309 g/mol. The van der Waals surface area contributed by atoms with E-state index in [2.05, 4.69) is 55.5 Å². The molecule has 2 heteroatoms. The second kappa shape index (κ2) is 6.29. The summed E-state index contributed by atoms with van der Waals surface area (Å²) in [6, 6.07) is 21.1. The topological polar surface area (TPSA) is 17.1 Å². The molecule has 0 heterocycles. The molecule has 2 unspecified atom stereocenters. The van der Waals surface area contributed by atoms with Crippen molar-refractivity contribution in [2.45, 2.75) is 18.8 Å². The first-order valence-electron chi connectivity index (χ1n) is 7.81. The summed E-state index contributed by atoms with van der Waals surface area (Å²) < 4.78 is 0. The SMILES string of the molecule is [CH2]C(C(=O)SCC)C1CC1(c1ccccc1)c1ccccc1. The molecule has 0 aromatic heterocycles. The van der Waals surface area contributed by atoms with Gasteiger partial charge < -0.3 is 0 Å². The normalized spacial score (nSPS) is 20.4. The van der Waals surface area contributed by atoms with Gasteiger partial charge in [-0.2, -0.15) is 0 Å². The third kappa shape index (κ3) is 2.61. The summed E-state index contributed by atoms with van der Waals surface area (Å²) in [7, 11) is 0. The van der Waals surface area contributed by atoms with E-state index in [9.17, 15) is 4.79 Å². The van der Waals surface area contributed by atoms with Crippen LogP contribution < -0.4 is 0 Å². The van der Waals surface area contributed by atoms with Gasteiger partial charge in [-0.1, -0.05) is 79.3 Å². The molecule has 22 heavy (non-hydrogen) atoms. The summed E-state index contributed by atoms with van der Waals surface area (Å²) in [5, 5.41) is 0.223. The molecule has 0 aliphatic heterocycles. The highest BCUT2D eigenvalue weighted by molar-refractivity contribution is 8.13. The van der Waals surface area contributed by atoms with Gasteiger partial charge in [0.25, 0.3) is 0 Å². The van der Waals surface area contributed by atoms with Crippen LogP contribution in [-0.4, -0.2) is 10.9 Å². The minimum atomic E-state index is -0.148. The van der Waals surface area contributed by atoms with Crippen LogP contribution in [0.3, 0.4) is 0 Å². The van der Waals surface area contributed by atoms with Crippen LogP contribution in [0.2, 0.25) is 0 Å². The van der Waals surface area contributed by atoms with Gasteiger partial charge in [-0.05, 0) is 36.1 Å². The Morgan fingerprint density at radius 2 is 1.64 bits per heavy atom. The fourth-order valence-electron chi connectivity index (χ4n) is 3.49. The van der Waals surface area contributed by atoms with Gasteiger partial charge in [0.1, 0.15) is 0 Å². The number of rotatable bonds is 5. The molecule has 113 valence electrons. The van der Waals surface area contributed by atoms with Crippen molar-refractivity contribution in [3.63, 3.8) is 0 Å². The van der Waals surface area contributed by atoms with E-state index in [1.807, 2.05) is 19.1 Å². The van der Waals surface area contributed by atoms with Crippen LogP contribution in [0, 0.1) is 18.8 Å².